The normalized spacial score (nSPS) is 30.6. The second-order valence-corrected chi connectivity index (χ2v) is 17.0. The van der Waals surface area contributed by atoms with Crippen molar-refractivity contribution in [3.63, 3.8) is 0 Å². The predicted octanol–water partition coefficient (Wildman–Crippen LogP) is 7.58. The van der Waals surface area contributed by atoms with E-state index in [0.29, 0.717) is 17.8 Å². The summed E-state index contributed by atoms with van der Waals surface area (Å²) in [5.74, 6) is 3.20. The zero-order chi connectivity index (χ0) is 25.4. The lowest BCUT2D eigenvalue weighted by molar-refractivity contribution is -0.0192. The van der Waals surface area contributed by atoms with Crippen molar-refractivity contribution in [2.45, 2.75) is 84.5 Å². The van der Waals surface area contributed by atoms with Crippen molar-refractivity contribution in [3.8, 4) is 17.6 Å². The fraction of sp³-hybridized carbons (Fsp3) is 0.690. The molecule has 0 saturated heterocycles. The van der Waals surface area contributed by atoms with Crippen molar-refractivity contribution in [3.05, 3.63) is 35.4 Å². The van der Waals surface area contributed by atoms with Crippen LogP contribution in [0, 0.1) is 40.9 Å². The third kappa shape index (κ3) is 5.24. The molecule has 0 amide bonds. The Bertz CT molecular complexity index is 919. The van der Waals surface area contributed by atoms with E-state index in [1.165, 1.54) is 12.0 Å². The summed E-state index contributed by atoms with van der Waals surface area (Å²) in [6, 6.07) is 8.77. The average molecular weight is 484 g/mol. The second-order valence-electron chi connectivity index (χ2n) is 12.3. The van der Waals surface area contributed by atoms with Crippen LogP contribution in [0.1, 0.15) is 65.9 Å². The Morgan fingerprint density at radius 1 is 1.06 bits per heavy atom. The number of ether oxygens (including phenoxy) is 2. The van der Waals surface area contributed by atoms with E-state index in [2.05, 4.69) is 78.9 Å². The van der Waals surface area contributed by atoms with Gasteiger partial charge in [0, 0.05) is 24.0 Å². The highest BCUT2D eigenvalue weighted by molar-refractivity contribution is 6.74. The smallest absolute Gasteiger partial charge is 0.192 e. The molecule has 0 aromatic heterocycles. The summed E-state index contributed by atoms with van der Waals surface area (Å²) in [4.78, 5) is 0. The van der Waals surface area contributed by atoms with Gasteiger partial charge in [-0.05, 0) is 86.2 Å². The Morgan fingerprint density at radius 3 is 2.15 bits per heavy atom. The fourth-order valence-electron chi connectivity index (χ4n) is 6.02. The third-order valence-corrected chi connectivity index (χ3v) is 13.4. The molecule has 2 aliphatic carbocycles. The van der Waals surface area contributed by atoms with E-state index in [4.69, 9.17) is 13.9 Å². The molecule has 34 heavy (non-hydrogen) atoms. The van der Waals surface area contributed by atoms with Gasteiger partial charge in [0.1, 0.15) is 11.5 Å². The van der Waals surface area contributed by atoms with Gasteiger partial charge in [-0.2, -0.15) is 5.26 Å². The largest absolute Gasteiger partial charge is 0.497 e. The maximum absolute atomic E-state index is 10.2. The van der Waals surface area contributed by atoms with Crippen LogP contribution >= 0.6 is 0 Å². The van der Waals surface area contributed by atoms with Crippen LogP contribution in [0.5, 0.6) is 11.5 Å². The number of nitriles is 1. The first-order valence-electron chi connectivity index (χ1n) is 12.8. The Balaban J connectivity index is 2.14. The number of nitrogens with zero attached hydrogens (tertiary/aromatic N) is 1. The number of fused-ring (bicyclic) bond motifs is 1. The van der Waals surface area contributed by atoms with Crippen LogP contribution in [0.15, 0.2) is 29.8 Å². The Kier molecular flexibility index (Phi) is 7.95. The highest BCUT2D eigenvalue weighted by Gasteiger charge is 2.51. The topological polar surface area (TPSA) is 51.5 Å². The zero-order valence-electron chi connectivity index (χ0n) is 22.9. The molecule has 0 heterocycles. The lowest BCUT2D eigenvalue weighted by atomic mass is 9.56. The molecule has 1 saturated carbocycles. The highest BCUT2D eigenvalue weighted by atomic mass is 28.4. The van der Waals surface area contributed by atoms with E-state index in [-0.39, 0.29) is 28.9 Å². The monoisotopic (exact) mass is 483 g/mol. The highest BCUT2D eigenvalue weighted by Crippen LogP contribution is 2.55. The van der Waals surface area contributed by atoms with Gasteiger partial charge in [0.05, 0.1) is 20.3 Å². The van der Waals surface area contributed by atoms with Crippen molar-refractivity contribution in [1.82, 2.24) is 0 Å². The van der Waals surface area contributed by atoms with Gasteiger partial charge in [-0.15, -0.1) is 0 Å². The lowest BCUT2D eigenvalue weighted by Gasteiger charge is -2.53. The molecule has 0 N–H and O–H groups in total. The molecule has 0 radical (unpaired) electrons. The summed E-state index contributed by atoms with van der Waals surface area (Å²) < 4.78 is 18.4. The van der Waals surface area contributed by atoms with Crippen LogP contribution in [0.25, 0.3) is 0 Å². The minimum absolute atomic E-state index is 0.0852. The molecule has 0 unspecified atom stereocenters. The SMILES string of the molecule is COc1cc(OC)cc([C@H]2C=C(C)[C@H]3C[C@@H](C)C[C@H](O[Si](C)(C)C(C)(C)C)[C@@H]3[C@H]2[C@H](C)C#N)c1. The van der Waals surface area contributed by atoms with Crippen LogP contribution < -0.4 is 9.47 Å². The molecule has 0 bridgehead atoms. The average Bonchev–Trinajstić information content (AvgIpc) is 2.77. The third-order valence-electron chi connectivity index (χ3n) is 8.86. The standard InChI is InChI=1S/C29H45NO3Si/c1-18-11-24-19(2)13-25(21-14-22(31-7)16-23(15-21)32-8)27(20(3)17-30)28(24)26(12-18)33-34(9,10)29(4,5)6/h13-16,18,20,24-28H,11-12H2,1-10H3/t18-,20-,24-,25-,26+,27+,28-/m1/s1. The van der Waals surface area contributed by atoms with Crippen LogP contribution in [-0.2, 0) is 4.43 Å². The van der Waals surface area contributed by atoms with E-state index in [1.807, 2.05) is 6.07 Å². The minimum Gasteiger partial charge on any atom is -0.497 e. The van der Waals surface area contributed by atoms with E-state index in [1.54, 1.807) is 14.2 Å². The molecular weight excluding hydrogens is 438 g/mol. The molecule has 1 fully saturated rings. The van der Waals surface area contributed by atoms with Gasteiger partial charge in [0.2, 0.25) is 0 Å². The van der Waals surface area contributed by atoms with Crippen LogP contribution in [0.2, 0.25) is 18.1 Å². The molecule has 0 spiro atoms. The molecule has 4 nitrogen and oxygen atoms in total. The fourth-order valence-corrected chi connectivity index (χ4v) is 7.38. The van der Waals surface area contributed by atoms with Gasteiger partial charge >= 0.3 is 0 Å². The minimum atomic E-state index is -1.97. The van der Waals surface area contributed by atoms with Crippen molar-refractivity contribution >= 4 is 8.32 Å². The molecule has 0 aliphatic heterocycles. The van der Waals surface area contributed by atoms with Gasteiger partial charge in [0.15, 0.2) is 8.32 Å². The maximum atomic E-state index is 10.2. The van der Waals surface area contributed by atoms with Gasteiger partial charge in [-0.3, -0.25) is 0 Å². The van der Waals surface area contributed by atoms with Gasteiger partial charge in [0.25, 0.3) is 0 Å². The molecule has 7 atom stereocenters. The summed E-state index contributed by atoms with van der Waals surface area (Å²) >= 11 is 0. The van der Waals surface area contributed by atoms with Crippen molar-refractivity contribution in [2.75, 3.05) is 14.2 Å². The van der Waals surface area contributed by atoms with Crippen molar-refractivity contribution < 1.29 is 13.9 Å². The first-order chi connectivity index (χ1) is 15.8. The van der Waals surface area contributed by atoms with E-state index < -0.39 is 8.32 Å². The molecular formula is C29H45NO3Si. The van der Waals surface area contributed by atoms with E-state index in [0.717, 1.165) is 23.5 Å². The molecule has 1 aromatic rings. The summed E-state index contributed by atoms with van der Waals surface area (Å²) in [6.07, 6.45) is 4.85. The number of benzene rings is 1. The van der Waals surface area contributed by atoms with Gasteiger partial charge < -0.3 is 13.9 Å². The predicted molar refractivity (Wildman–Crippen MR) is 142 cm³/mol. The molecule has 5 heteroatoms. The summed E-state index contributed by atoms with van der Waals surface area (Å²) in [7, 11) is 1.42. The number of methoxy groups -OCH3 is 2. The lowest BCUT2D eigenvalue weighted by Crippen LogP contribution is -2.53. The van der Waals surface area contributed by atoms with Crippen LogP contribution in [0.4, 0.5) is 0 Å². The molecule has 1 aromatic carbocycles. The zero-order valence-corrected chi connectivity index (χ0v) is 23.9. The summed E-state index contributed by atoms with van der Waals surface area (Å²) in [5.41, 5.74) is 2.60. The van der Waals surface area contributed by atoms with Gasteiger partial charge in [-0.25, -0.2) is 0 Å². The maximum Gasteiger partial charge on any atom is 0.192 e. The van der Waals surface area contributed by atoms with Crippen LogP contribution in [-0.4, -0.2) is 28.6 Å². The number of rotatable bonds is 6. The molecule has 3 rings (SSSR count). The first kappa shape index (κ1) is 26.8. The number of hydrogen-bond acceptors (Lipinski definition) is 4. The van der Waals surface area contributed by atoms with E-state index in [9.17, 15) is 5.26 Å². The van der Waals surface area contributed by atoms with Crippen molar-refractivity contribution in [2.24, 2.45) is 29.6 Å². The molecule has 2 aliphatic rings. The van der Waals surface area contributed by atoms with E-state index >= 15 is 0 Å². The summed E-state index contributed by atoms with van der Waals surface area (Å²) in [5, 5.41) is 10.3. The number of hydrogen-bond donors (Lipinski definition) is 0. The summed E-state index contributed by atoms with van der Waals surface area (Å²) in [6.45, 7) is 18.4. The Hall–Kier alpha value is -1.77. The quantitative estimate of drug-likeness (QED) is 0.309. The molecule has 188 valence electrons. The Labute approximate surface area is 208 Å². The second kappa shape index (κ2) is 10.1. The number of allylic oxidation sites excluding steroid dienone is 2. The van der Waals surface area contributed by atoms with Gasteiger partial charge in [-0.1, -0.05) is 39.3 Å². The van der Waals surface area contributed by atoms with Crippen LogP contribution in [0.3, 0.4) is 0 Å². The first-order valence-corrected chi connectivity index (χ1v) is 15.7. The Morgan fingerprint density at radius 2 is 1.65 bits per heavy atom. The van der Waals surface area contributed by atoms with Crippen molar-refractivity contribution in [1.29, 1.82) is 5.26 Å².